The summed E-state index contributed by atoms with van der Waals surface area (Å²) in [6.45, 7) is 2.04. The Balaban J connectivity index is 2.07. The summed E-state index contributed by atoms with van der Waals surface area (Å²) < 4.78 is 1.67. The molecule has 0 saturated heterocycles. The van der Waals surface area contributed by atoms with Gasteiger partial charge in [-0.25, -0.2) is 4.68 Å². The summed E-state index contributed by atoms with van der Waals surface area (Å²) in [5, 5.41) is 16.1. The van der Waals surface area contributed by atoms with Crippen LogP contribution in [0.3, 0.4) is 0 Å². The second-order valence-electron chi connectivity index (χ2n) is 4.57. The molecule has 1 aromatic carbocycles. The number of rotatable bonds is 6. The van der Waals surface area contributed by atoms with Gasteiger partial charge < -0.3 is 10.4 Å². The zero-order valence-electron chi connectivity index (χ0n) is 11.5. The third-order valence-electron chi connectivity index (χ3n) is 3.15. The third-order valence-corrected chi connectivity index (χ3v) is 3.15. The lowest BCUT2D eigenvalue weighted by Crippen LogP contribution is -2.35. The van der Waals surface area contributed by atoms with Crippen LogP contribution in [0.2, 0.25) is 0 Å². The first-order chi connectivity index (χ1) is 9.74. The number of nitrogens with zero attached hydrogens (tertiary/aromatic N) is 2. The zero-order chi connectivity index (χ0) is 14.4. The quantitative estimate of drug-likeness (QED) is 0.842. The first-order valence-electron chi connectivity index (χ1n) is 6.77. The van der Waals surface area contributed by atoms with E-state index in [1.807, 2.05) is 37.3 Å². The van der Waals surface area contributed by atoms with Crippen molar-refractivity contribution in [2.24, 2.45) is 0 Å². The number of nitrogens with one attached hydrogen (secondary N) is 1. The highest BCUT2D eigenvalue weighted by Crippen LogP contribution is 2.07. The van der Waals surface area contributed by atoms with Crippen molar-refractivity contribution >= 4 is 5.91 Å². The van der Waals surface area contributed by atoms with Gasteiger partial charge in [-0.2, -0.15) is 5.10 Å². The summed E-state index contributed by atoms with van der Waals surface area (Å²) >= 11 is 0. The van der Waals surface area contributed by atoms with Gasteiger partial charge in [0.25, 0.3) is 5.91 Å². The predicted octanol–water partition coefficient (Wildman–Crippen LogP) is 1.76. The minimum atomic E-state index is -0.208. The van der Waals surface area contributed by atoms with Crippen molar-refractivity contribution < 1.29 is 9.90 Å². The van der Waals surface area contributed by atoms with Crippen LogP contribution in [0.4, 0.5) is 0 Å². The summed E-state index contributed by atoms with van der Waals surface area (Å²) in [6, 6.07) is 11.3. The van der Waals surface area contributed by atoms with Crippen LogP contribution in [0.1, 0.15) is 30.3 Å². The molecule has 1 heterocycles. The van der Waals surface area contributed by atoms with E-state index in [-0.39, 0.29) is 18.6 Å². The number of carbonyl (C=O) groups excluding carboxylic acids is 1. The minimum absolute atomic E-state index is 0.0191. The molecule has 0 aliphatic carbocycles. The second kappa shape index (κ2) is 6.86. The van der Waals surface area contributed by atoms with Gasteiger partial charge in [0.2, 0.25) is 0 Å². The summed E-state index contributed by atoms with van der Waals surface area (Å²) in [6.07, 6.45) is 3.10. The Bertz CT molecular complexity index is 551. The molecule has 2 rings (SSSR count). The Hall–Kier alpha value is -2.14. The zero-order valence-corrected chi connectivity index (χ0v) is 11.5. The van der Waals surface area contributed by atoms with Crippen LogP contribution in [-0.4, -0.2) is 33.4 Å². The van der Waals surface area contributed by atoms with Crippen LogP contribution in [0.15, 0.2) is 42.6 Å². The van der Waals surface area contributed by atoms with Gasteiger partial charge in [0.1, 0.15) is 0 Å². The van der Waals surface area contributed by atoms with Gasteiger partial charge in [-0.1, -0.05) is 25.1 Å². The number of hydrogen-bond donors (Lipinski definition) is 2. The summed E-state index contributed by atoms with van der Waals surface area (Å²) in [7, 11) is 0. The van der Waals surface area contributed by atoms with Crippen molar-refractivity contribution in [3.05, 3.63) is 48.3 Å². The maximum absolute atomic E-state index is 12.1. The highest BCUT2D eigenvalue weighted by Gasteiger charge is 2.14. The van der Waals surface area contributed by atoms with Gasteiger partial charge in [0, 0.05) is 18.8 Å². The lowest BCUT2D eigenvalue weighted by molar-refractivity contribution is 0.0923. The van der Waals surface area contributed by atoms with Crippen molar-refractivity contribution in [2.75, 3.05) is 6.61 Å². The van der Waals surface area contributed by atoms with E-state index in [2.05, 4.69) is 10.4 Å². The van der Waals surface area contributed by atoms with E-state index in [1.165, 1.54) is 0 Å². The normalized spacial score (nSPS) is 12.1. The lowest BCUT2D eigenvalue weighted by Gasteiger charge is -2.14. The topological polar surface area (TPSA) is 67.2 Å². The van der Waals surface area contributed by atoms with Gasteiger partial charge in [0.15, 0.2) is 5.69 Å². The van der Waals surface area contributed by atoms with Crippen molar-refractivity contribution in [3.63, 3.8) is 0 Å². The van der Waals surface area contributed by atoms with Crippen LogP contribution in [0, 0.1) is 0 Å². The Kier molecular flexibility index (Phi) is 4.90. The van der Waals surface area contributed by atoms with Crippen molar-refractivity contribution in [1.29, 1.82) is 0 Å². The summed E-state index contributed by atoms with van der Waals surface area (Å²) in [5.41, 5.74) is 1.29. The maximum Gasteiger partial charge on any atom is 0.272 e. The van der Waals surface area contributed by atoms with Crippen LogP contribution in [0.5, 0.6) is 0 Å². The highest BCUT2D eigenvalue weighted by atomic mass is 16.3. The van der Waals surface area contributed by atoms with Crippen LogP contribution in [-0.2, 0) is 0 Å². The number of carbonyl (C=O) groups is 1. The largest absolute Gasteiger partial charge is 0.396 e. The number of para-hydroxylation sites is 1. The van der Waals surface area contributed by atoms with Crippen LogP contribution in [0.25, 0.3) is 5.69 Å². The molecule has 20 heavy (non-hydrogen) atoms. The number of benzene rings is 1. The molecule has 0 aliphatic heterocycles. The maximum atomic E-state index is 12.1. The Morgan fingerprint density at radius 3 is 2.75 bits per heavy atom. The smallest absolute Gasteiger partial charge is 0.272 e. The number of hydrogen-bond acceptors (Lipinski definition) is 3. The van der Waals surface area contributed by atoms with Gasteiger partial charge in [-0.05, 0) is 31.0 Å². The van der Waals surface area contributed by atoms with Gasteiger partial charge in [0.05, 0.1) is 5.69 Å². The SMILES string of the molecule is CCC(CCO)NC(=O)c1ccn(-c2ccccc2)n1. The van der Waals surface area contributed by atoms with Crippen LogP contribution >= 0.6 is 0 Å². The van der Waals surface area contributed by atoms with E-state index in [0.717, 1.165) is 12.1 Å². The Labute approximate surface area is 118 Å². The van der Waals surface area contributed by atoms with E-state index >= 15 is 0 Å². The minimum Gasteiger partial charge on any atom is -0.396 e. The predicted molar refractivity (Wildman–Crippen MR) is 76.8 cm³/mol. The molecule has 1 atom stereocenters. The molecule has 0 aliphatic rings. The Morgan fingerprint density at radius 2 is 2.10 bits per heavy atom. The molecule has 1 aromatic heterocycles. The monoisotopic (exact) mass is 273 g/mol. The Morgan fingerprint density at radius 1 is 1.35 bits per heavy atom. The molecular formula is C15H19N3O2. The first-order valence-corrected chi connectivity index (χ1v) is 6.77. The fourth-order valence-electron chi connectivity index (χ4n) is 1.96. The van der Waals surface area contributed by atoms with Gasteiger partial charge in [-0.15, -0.1) is 0 Å². The summed E-state index contributed by atoms with van der Waals surface area (Å²) in [4.78, 5) is 12.1. The van der Waals surface area contributed by atoms with Crippen LogP contribution < -0.4 is 5.32 Å². The van der Waals surface area contributed by atoms with E-state index in [1.54, 1.807) is 16.9 Å². The third kappa shape index (κ3) is 3.45. The van der Waals surface area contributed by atoms with E-state index in [9.17, 15) is 4.79 Å². The number of aliphatic hydroxyl groups excluding tert-OH is 1. The van der Waals surface area contributed by atoms with Crippen molar-refractivity contribution in [3.8, 4) is 5.69 Å². The fraction of sp³-hybridized carbons (Fsp3) is 0.333. The molecule has 0 saturated carbocycles. The molecule has 0 bridgehead atoms. The summed E-state index contributed by atoms with van der Waals surface area (Å²) in [5.74, 6) is -0.208. The number of aromatic nitrogens is 2. The molecule has 1 unspecified atom stereocenters. The average Bonchev–Trinajstić information content (AvgIpc) is 2.97. The van der Waals surface area contributed by atoms with Crippen molar-refractivity contribution in [1.82, 2.24) is 15.1 Å². The molecule has 2 aromatic rings. The molecule has 0 spiro atoms. The second-order valence-corrected chi connectivity index (χ2v) is 4.57. The average molecular weight is 273 g/mol. The molecule has 0 fully saturated rings. The molecule has 1 amide bonds. The number of amides is 1. The molecular weight excluding hydrogens is 254 g/mol. The van der Waals surface area contributed by atoms with Gasteiger partial charge >= 0.3 is 0 Å². The fourth-order valence-corrected chi connectivity index (χ4v) is 1.96. The van der Waals surface area contributed by atoms with E-state index in [4.69, 9.17) is 5.11 Å². The molecule has 0 radical (unpaired) electrons. The van der Waals surface area contributed by atoms with E-state index in [0.29, 0.717) is 12.1 Å². The highest BCUT2D eigenvalue weighted by molar-refractivity contribution is 5.92. The first kappa shape index (κ1) is 14.3. The standard InChI is InChI=1S/C15H19N3O2/c1-2-12(9-11-19)16-15(20)14-8-10-18(17-14)13-6-4-3-5-7-13/h3-8,10,12,19H,2,9,11H2,1H3,(H,16,20). The lowest BCUT2D eigenvalue weighted by atomic mass is 10.1. The van der Waals surface area contributed by atoms with Gasteiger partial charge in [-0.3, -0.25) is 4.79 Å². The molecule has 5 heteroatoms. The van der Waals surface area contributed by atoms with E-state index < -0.39 is 0 Å². The number of aliphatic hydroxyl groups is 1. The molecule has 2 N–H and O–H groups in total. The molecule has 106 valence electrons. The molecule has 5 nitrogen and oxygen atoms in total. The van der Waals surface area contributed by atoms with Crippen molar-refractivity contribution in [2.45, 2.75) is 25.8 Å².